The third kappa shape index (κ3) is 2.49. The first-order chi connectivity index (χ1) is 6.70. The topological polar surface area (TPSA) is 35.2 Å². The van der Waals surface area contributed by atoms with E-state index in [0.29, 0.717) is 6.61 Å². The summed E-state index contributed by atoms with van der Waals surface area (Å²) in [5, 5.41) is 0. The minimum atomic E-state index is 0.0846. The third-order valence-electron chi connectivity index (χ3n) is 2.59. The molecule has 1 aromatic carbocycles. The molecule has 0 radical (unpaired) electrons. The lowest BCUT2D eigenvalue weighted by atomic mass is 10.2. The van der Waals surface area contributed by atoms with E-state index < -0.39 is 0 Å². The van der Waals surface area contributed by atoms with E-state index in [0.717, 1.165) is 29.5 Å². The van der Waals surface area contributed by atoms with Gasteiger partial charge in [0.05, 0.1) is 11.1 Å². The largest absolute Gasteiger partial charge is 0.492 e. The van der Waals surface area contributed by atoms with Crippen LogP contribution in [0.1, 0.15) is 19.3 Å². The molecular weight excluding hydrogens is 242 g/mol. The summed E-state index contributed by atoms with van der Waals surface area (Å²) < 4.78 is 6.63. The number of hydrogen-bond acceptors (Lipinski definition) is 2. The molecule has 0 aromatic heterocycles. The van der Waals surface area contributed by atoms with Crippen molar-refractivity contribution in [3.05, 3.63) is 28.7 Å². The minimum Gasteiger partial charge on any atom is -0.492 e. The quantitative estimate of drug-likeness (QED) is 0.898. The van der Waals surface area contributed by atoms with Crippen LogP contribution >= 0.6 is 15.9 Å². The van der Waals surface area contributed by atoms with Gasteiger partial charge in [0, 0.05) is 5.54 Å². The molecule has 1 fully saturated rings. The number of rotatable bonds is 4. The van der Waals surface area contributed by atoms with Gasteiger partial charge in [0.2, 0.25) is 0 Å². The first kappa shape index (κ1) is 9.99. The first-order valence-corrected chi connectivity index (χ1v) is 5.65. The Morgan fingerprint density at radius 2 is 2.07 bits per heavy atom. The van der Waals surface area contributed by atoms with Crippen molar-refractivity contribution in [1.29, 1.82) is 0 Å². The molecule has 0 spiro atoms. The maximum Gasteiger partial charge on any atom is 0.133 e. The van der Waals surface area contributed by atoms with Crippen molar-refractivity contribution in [2.75, 3.05) is 6.61 Å². The maximum atomic E-state index is 5.96. The van der Waals surface area contributed by atoms with Crippen LogP contribution in [0, 0.1) is 0 Å². The van der Waals surface area contributed by atoms with E-state index in [-0.39, 0.29) is 5.54 Å². The summed E-state index contributed by atoms with van der Waals surface area (Å²) in [5.74, 6) is 0.900. The van der Waals surface area contributed by atoms with E-state index in [1.54, 1.807) is 0 Å². The number of halogens is 1. The SMILES string of the molecule is NC1(CCOc2ccccc2Br)CC1. The zero-order valence-electron chi connectivity index (χ0n) is 8.00. The summed E-state index contributed by atoms with van der Waals surface area (Å²) in [6.07, 6.45) is 3.24. The number of para-hydroxylation sites is 1. The molecule has 0 unspecified atom stereocenters. The van der Waals surface area contributed by atoms with Gasteiger partial charge in [0.15, 0.2) is 0 Å². The molecule has 3 heteroatoms. The van der Waals surface area contributed by atoms with Crippen LogP contribution in [0.15, 0.2) is 28.7 Å². The van der Waals surface area contributed by atoms with Gasteiger partial charge in [-0.3, -0.25) is 0 Å². The van der Waals surface area contributed by atoms with Crippen LogP contribution in [0.2, 0.25) is 0 Å². The van der Waals surface area contributed by atoms with Gasteiger partial charge in [-0.25, -0.2) is 0 Å². The van der Waals surface area contributed by atoms with Crippen LogP contribution in [0.25, 0.3) is 0 Å². The van der Waals surface area contributed by atoms with E-state index in [9.17, 15) is 0 Å². The van der Waals surface area contributed by atoms with E-state index in [1.807, 2.05) is 24.3 Å². The van der Waals surface area contributed by atoms with Gasteiger partial charge in [-0.2, -0.15) is 0 Å². The third-order valence-corrected chi connectivity index (χ3v) is 3.24. The smallest absolute Gasteiger partial charge is 0.133 e. The second-order valence-corrected chi connectivity index (χ2v) is 4.75. The van der Waals surface area contributed by atoms with Gasteiger partial charge in [-0.05, 0) is 47.3 Å². The van der Waals surface area contributed by atoms with Crippen molar-refractivity contribution in [3.8, 4) is 5.75 Å². The monoisotopic (exact) mass is 255 g/mol. The lowest BCUT2D eigenvalue weighted by Gasteiger charge is -2.10. The predicted octanol–water partition coefficient (Wildman–Crippen LogP) is 2.71. The second-order valence-electron chi connectivity index (χ2n) is 3.89. The van der Waals surface area contributed by atoms with E-state index in [1.165, 1.54) is 0 Å². The second kappa shape index (κ2) is 3.91. The van der Waals surface area contributed by atoms with Crippen LogP contribution in [0.4, 0.5) is 0 Å². The summed E-state index contributed by atoms with van der Waals surface area (Å²) in [4.78, 5) is 0. The molecule has 2 rings (SSSR count). The Kier molecular flexibility index (Phi) is 2.79. The van der Waals surface area contributed by atoms with Crippen molar-refractivity contribution in [3.63, 3.8) is 0 Å². The summed E-state index contributed by atoms with van der Waals surface area (Å²) in [6, 6.07) is 7.88. The number of benzene rings is 1. The van der Waals surface area contributed by atoms with Crippen LogP contribution in [0.5, 0.6) is 5.75 Å². The molecule has 0 atom stereocenters. The molecule has 0 aliphatic heterocycles. The fraction of sp³-hybridized carbons (Fsp3) is 0.455. The molecule has 0 bridgehead atoms. The summed E-state index contributed by atoms with van der Waals surface area (Å²) >= 11 is 3.44. The highest BCUT2D eigenvalue weighted by atomic mass is 79.9. The fourth-order valence-corrected chi connectivity index (χ4v) is 1.74. The molecule has 0 saturated heterocycles. The Labute approximate surface area is 92.6 Å². The molecule has 0 amide bonds. The molecular formula is C11H14BrNO. The molecule has 2 nitrogen and oxygen atoms in total. The van der Waals surface area contributed by atoms with Gasteiger partial charge >= 0.3 is 0 Å². The average Bonchev–Trinajstić information content (AvgIpc) is 2.88. The summed E-state index contributed by atoms with van der Waals surface area (Å²) in [6.45, 7) is 0.707. The minimum absolute atomic E-state index is 0.0846. The van der Waals surface area contributed by atoms with E-state index >= 15 is 0 Å². The predicted molar refractivity (Wildman–Crippen MR) is 60.4 cm³/mol. The molecule has 1 aliphatic carbocycles. The Hall–Kier alpha value is -0.540. The van der Waals surface area contributed by atoms with Crippen molar-refractivity contribution in [1.82, 2.24) is 0 Å². The van der Waals surface area contributed by atoms with Crippen molar-refractivity contribution < 1.29 is 4.74 Å². The number of hydrogen-bond donors (Lipinski definition) is 1. The Morgan fingerprint density at radius 3 is 2.71 bits per heavy atom. The van der Waals surface area contributed by atoms with Crippen LogP contribution in [-0.4, -0.2) is 12.1 Å². The highest BCUT2D eigenvalue weighted by Crippen LogP contribution is 2.35. The van der Waals surface area contributed by atoms with Gasteiger partial charge in [-0.15, -0.1) is 0 Å². The van der Waals surface area contributed by atoms with E-state index in [4.69, 9.17) is 10.5 Å². The van der Waals surface area contributed by atoms with Crippen molar-refractivity contribution in [2.24, 2.45) is 5.73 Å². The number of nitrogens with two attached hydrogens (primary N) is 1. The molecule has 76 valence electrons. The lowest BCUT2D eigenvalue weighted by molar-refractivity contribution is 0.292. The molecule has 1 saturated carbocycles. The standard InChI is InChI=1S/C11H14BrNO/c12-9-3-1-2-4-10(9)14-8-7-11(13)5-6-11/h1-4H,5-8,13H2. The average molecular weight is 256 g/mol. The van der Waals surface area contributed by atoms with Crippen LogP contribution < -0.4 is 10.5 Å². The van der Waals surface area contributed by atoms with Gasteiger partial charge in [0.25, 0.3) is 0 Å². The zero-order valence-corrected chi connectivity index (χ0v) is 9.59. The van der Waals surface area contributed by atoms with Crippen LogP contribution in [-0.2, 0) is 0 Å². The molecule has 1 aliphatic rings. The number of ether oxygens (including phenoxy) is 1. The molecule has 0 heterocycles. The van der Waals surface area contributed by atoms with Gasteiger partial charge < -0.3 is 10.5 Å². The fourth-order valence-electron chi connectivity index (χ4n) is 1.34. The lowest BCUT2D eigenvalue weighted by Crippen LogP contribution is -2.24. The van der Waals surface area contributed by atoms with Gasteiger partial charge in [0.1, 0.15) is 5.75 Å². The Balaban J connectivity index is 1.83. The Bertz CT molecular complexity index is 323. The maximum absolute atomic E-state index is 5.96. The Morgan fingerprint density at radius 1 is 1.36 bits per heavy atom. The first-order valence-electron chi connectivity index (χ1n) is 4.86. The molecule has 1 aromatic rings. The zero-order chi connectivity index (χ0) is 10.0. The van der Waals surface area contributed by atoms with E-state index in [2.05, 4.69) is 15.9 Å². The van der Waals surface area contributed by atoms with Gasteiger partial charge in [-0.1, -0.05) is 12.1 Å². The van der Waals surface area contributed by atoms with Crippen molar-refractivity contribution in [2.45, 2.75) is 24.8 Å². The van der Waals surface area contributed by atoms with Crippen molar-refractivity contribution >= 4 is 15.9 Å². The van der Waals surface area contributed by atoms with Crippen LogP contribution in [0.3, 0.4) is 0 Å². The normalized spacial score (nSPS) is 17.9. The highest BCUT2D eigenvalue weighted by Gasteiger charge is 2.37. The summed E-state index contributed by atoms with van der Waals surface area (Å²) in [7, 11) is 0. The highest BCUT2D eigenvalue weighted by molar-refractivity contribution is 9.10. The molecule has 2 N–H and O–H groups in total. The molecule has 14 heavy (non-hydrogen) atoms. The summed E-state index contributed by atoms with van der Waals surface area (Å²) in [5.41, 5.74) is 6.04.